The molecule has 0 atom stereocenters. The van der Waals surface area contributed by atoms with Crippen LogP contribution in [-0.4, -0.2) is 58.4 Å². The minimum atomic E-state index is 0.624. The monoisotopic (exact) mass is 1840 g/mol. The molecule has 0 unspecified atom stereocenters. The van der Waals surface area contributed by atoms with Crippen LogP contribution in [0.25, 0.3) is 163 Å². The van der Waals surface area contributed by atoms with Crippen LogP contribution in [0.15, 0.2) is 304 Å². The second kappa shape index (κ2) is 40.3. The molecule has 20 heteroatoms. The topological polar surface area (TPSA) is 223 Å². The molecule has 690 valence electrons. The van der Waals surface area contributed by atoms with E-state index in [9.17, 15) is 0 Å². The summed E-state index contributed by atoms with van der Waals surface area (Å²) in [6.45, 7) is 57.5. The Kier molecular flexibility index (Phi) is 27.3. The van der Waals surface area contributed by atoms with Gasteiger partial charge in [0.15, 0.2) is 28.4 Å². The summed E-state index contributed by atoms with van der Waals surface area (Å²) in [6.07, 6.45) is 10.7. The van der Waals surface area contributed by atoms with Gasteiger partial charge in [-0.3, -0.25) is 0 Å². The molecule has 15 aromatic carbocycles. The molecule has 0 radical (unpaired) electrons. The molecule has 0 saturated heterocycles. The lowest BCUT2D eigenvalue weighted by Gasteiger charge is -2.11. The summed E-state index contributed by atoms with van der Waals surface area (Å²) in [4.78, 5) is 18.1. The summed E-state index contributed by atoms with van der Waals surface area (Å²) in [5.74, 6) is 4.23. The van der Waals surface area contributed by atoms with E-state index in [2.05, 4.69) is 159 Å². The molecule has 0 saturated carbocycles. The molecular weight excluding hydrogens is 1730 g/mol. The van der Waals surface area contributed by atoms with Crippen LogP contribution in [0.2, 0.25) is 0 Å². The largest absolute Gasteiger partial charge is 0.497 e. The Bertz CT molecular complexity index is 7850. The van der Waals surface area contributed by atoms with Crippen LogP contribution in [0.3, 0.4) is 0 Å². The quantitative estimate of drug-likeness (QED) is 0.0482. The number of rotatable bonds is 15. The Morgan fingerprint density at radius 1 is 0.214 bits per heavy atom. The summed E-state index contributed by atoms with van der Waals surface area (Å²) < 4.78 is 37.7. The highest BCUT2D eigenvalue weighted by atomic mass is 16.5. The molecule has 20 nitrogen and oxygen atoms in total. The van der Waals surface area contributed by atoms with E-state index in [0.717, 1.165) is 251 Å². The molecule has 0 aliphatic heterocycles. The highest BCUT2D eigenvalue weighted by molar-refractivity contribution is 6.06. The fourth-order valence-electron chi connectivity index (χ4n) is 18.4. The van der Waals surface area contributed by atoms with Crippen molar-refractivity contribution >= 4 is 111 Å². The molecule has 140 heavy (non-hydrogen) atoms. The second-order valence-electron chi connectivity index (χ2n) is 34.5. The minimum Gasteiger partial charge on any atom is -0.497 e. The lowest BCUT2D eigenvalue weighted by molar-refractivity contribution is 0.411. The summed E-state index contributed by atoms with van der Waals surface area (Å²) >= 11 is 0. The molecule has 0 spiro atoms. The van der Waals surface area contributed by atoms with Crippen LogP contribution < -0.4 is 52.4 Å². The maximum atomic E-state index is 7.40. The van der Waals surface area contributed by atoms with Crippen molar-refractivity contribution in [2.45, 2.75) is 69.2 Å². The molecule has 20 aromatic rings. The zero-order chi connectivity index (χ0) is 99.2. The maximum Gasteiger partial charge on any atom is 0.188 e. The first-order valence-corrected chi connectivity index (χ1v) is 45.3. The Morgan fingerprint density at radius 2 is 0.436 bits per heavy atom. The van der Waals surface area contributed by atoms with Gasteiger partial charge in [0.05, 0.1) is 96.0 Å². The van der Waals surface area contributed by atoms with Crippen molar-refractivity contribution in [3.63, 3.8) is 0 Å². The molecule has 0 aliphatic carbocycles. The first-order valence-electron chi connectivity index (χ1n) is 45.3. The Labute approximate surface area is 815 Å². The van der Waals surface area contributed by atoms with Crippen LogP contribution >= 0.6 is 0 Å². The molecule has 10 N–H and O–H groups in total. The van der Waals surface area contributed by atoms with Crippen molar-refractivity contribution in [2.75, 3.05) is 64.2 Å². The zero-order valence-electron chi connectivity index (χ0n) is 80.8. The van der Waals surface area contributed by atoms with Crippen LogP contribution in [0.5, 0.6) is 28.7 Å². The number of anilines is 5. The fourth-order valence-corrected chi connectivity index (χ4v) is 18.4. The Morgan fingerprint density at radius 3 is 0.636 bits per heavy atom. The molecular formula is C120H105N15O5. The van der Waals surface area contributed by atoms with Gasteiger partial charge in [0, 0.05) is 116 Å². The minimum absolute atomic E-state index is 0.624. The molecule has 5 heterocycles. The van der Waals surface area contributed by atoms with E-state index < -0.39 is 0 Å². The van der Waals surface area contributed by atoms with Crippen LogP contribution in [0.1, 0.15) is 55.6 Å². The Balaban J connectivity index is 0.000000126. The lowest BCUT2D eigenvalue weighted by Crippen LogP contribution is -1.96. The van der Waals surface area contributed by atoms with Crippen molar-refractivity contribution in [1.29, 1.82) is 0 Å². The van der Waals surface area contributed by atoms with Gasteiger partial charge in [0.25, 0.3) is 0 Å². The van der Waals surface area contributed by atoms with E-state index >= 15 is 0 Å². The third-order valence-corrected chi connectivity index (χ3v) is 26.2. The summed E-state index contributed by atoms with van der Waals surface area (Å²) in [5, 5.41) is 5.19. The summed E-state index contributed by atoms with van der Waals surface area (Å²) in [6, 6.07) is 89.4. The van der Waals surface area contributed by atoms with E-state index in [0.29, 0.717) is 28.4 Å². The highest BCUT2D eigenvalue weighted by Crippen LogP contribution is 2.46. The van der Waals surface area contributed by atoms with Crippen LogP contribution in [-0.2, 0) is 0 Å². The fraction of sp³-hybridized carbons (Fsp3) is 0.125. The number of benzene rings is 15. The van der Waals surface area contributed by atoms with E-state index in [1.807, 2.05) is 261 Å². The number of ether oxygens (including phenoxy) is 5. The van der Waals surface area contributed by atoms with Crippen LogP contribution in [0, 0.1) is 102 Å². The number of nitrogens with zero attached hydrogens (tertiary/aromatic N) is 10. The number of hydrogen-bond donors (Lipinski definition) is 5. The number of aryl methyl sites for hydroxylation is 5. The number of nitrogens with two attached hydrogens (primary N) is 5. The molecule has 0 bridgehead atoms. The number of hydrogen-bond acceptors (Lipinski definition) is 10. The van der Waals surface area contributed by atoms with Gasteiger partial charge in [-0.25, -0.2) is 24.2 Å². The van der Waals surface area contributed by atoms with Gasteiger partial charge >= 0.3 is 0 Å². The maximum absolute atomic E-state index is 7.40. The Hall–Kier alpha value is -18.6. The SMILES string of the molecule is [C-]#[N+]c1ccc2c(c1)c(-c1cccc(N)c1C)cn2-c1ccc(OC)c(C)c1.[C-]#[N+]c1ccc2c(c1)c(-c1cccc(N)c1C)cn2-c1ccc(OC)c(C)c1.[C-]#[N+]c1ccc2c(c1)c(-c1cccc(N)c1C)cn2-c1ccc(OC)cc1C.[C-]#[N+]c1ccc2c(c1)c(-c1cccc(N)c1C)cn2-c1ccc(OC)cc1C.[C-]#[N+]c1ccc2c(c1)c(-c1cccc(N)c1C)cn2-c1ccc(OC)cc1C. The van der Waals surface area contributed by atoms with E-state index in [1.165, 1.54) is 0 Å². The van der Waals surface area contributed by atoms with Crippen LogP contribution in [0.4, 0.5) is 56.9 Å². The normalized spacial score (nSPS) is 10.8. The third-order valence-electron chi connectivity index (χ3n) is 26.2. The molecule has 0 aliphatic rings. The lowest BCUT2D eigenvalue weighted by atomic mass is 9.99. The molecule has 0 amide bonds. The van der Waals surface area contributed by atoms with Crippen molar-refractivity contribution in [3.8, 4) is 113 Å². The van der Waals surface area contributed by atoms with Gasteiger partial charge in [-0.2, -0.15) is 0 Å². The van der Waals surface area contributed by atoms with E-state index in [-0.39, 0.29) is 0 Å². The standard InChI is InChI=1S/5C24H21N3O/c3*1-15-12-18(28-4)9-11-23(15)27-14-21(19-6-5-7-22(25)16(19)2)20-13-17(26-3)8-10-24(20)27;2*1-15-12-18(9-11-24(15)28-4)27-14-21(19-6-5-7-22(25)16(19)2)20-13-17(26-3)8-10-23(20)27/h5*5-14H,25H2,1-2,4H3. The number of aromatic nitrogens is 5. The van der Waals surface area contributed by atoms with Gasteiger partial charge in [0.1, 0.15) is 28.7 Å². The van der Waals surface area contributed by atoms with Crippen molar-refractivity contribution in [1.82, 2.24) is 22.8 Å². The number of fused-ring (bicyclic) bond motifs is 5. The summed E-state index contributed by atoms with van der Waals surface area (Å²) in [5.41, 5.74) is 69.8. The van der Waals surface area contributed by atoms with Crippen molar-refractivity contribution < 1.29 is 23.7 Å². The zero-order valence-corrected chi connectivity index (χ0v) is 80.8. The van der Waals surface area contributed by atoms with Gasteiger partial charge in [-0.1, -0.05) is 91.0 Å². The highest BCUT2D eigenvalue weighted by Gasteiger charge is 2.24. The number of nitrogen functional groups attached to an aromatic ring is 5. The van der Waals surface area contributed by atoms with E-state index in [4.69, 9.17) is 85.2 Å². The average molecular weight is 1840 g/mol. The van der Waals surface area contributed by atoms with Gasteiger partial charge < -0.3 is 75.2 Å². The summed E-state index contributed by atoms with van der Waals surface area (Å²) in [7, 11) is 8.38. The van der Waals surface area contributed by atoms with Gasteiger partial charge in [-0.15, -0.1) is 0 Å². The number of methoxy groups -OCH3 is 5. The van der Waals surface area contributed by atoms with Gasteiger partial charge in [0.2, 0.25) is 0 Å². The first-order chi connectivity index (χ1) is 67.6. The molecule has 5 aromatic heterocycles. The smallest absolute Gasteiger partial charge is 0.188 e. The predicted molar refractivity (Wildman–Crippen MR) is 577 cm³/mol. The van der Waals surface area contributed by atoms with Gasteiger partial charge in [-0.05, 0) is 362 Å². The third kappa shape index (κ3) is 18.4. The first kappa shape index (κ1) is 94.6. The second-order valence-corrected chi connectivity index (χ2v) is 34.5. The average Bonchev–Trinajstić information content (AvgIpc) is 1.64. The van der Waals surface area contributed by atoms with E-state index in [1.54, 1.807) is 35.5 Å². The molecule has 20 rings (SSSR count). The van der Waals surface area contributed by atoms with Crippen molar-refractivity contribution in [2.24, 2.45) is 0 Å². The predicted octanol–water partition coefficient (Wildman–Crippen LogP) is 30.3. The van der Waals surface area contributed by atoms with Crippen molar-refractivity contribution in [3.05, 3.63) is 417 Å². The molecule has 0 fully saturated rings.